The van der Waals surface area contributed by atoms with Crippen LogP contribution in [0, 0.1) is 0 Å². The molecule has 5 nitrogen and oxygen atoms in total. The summed E-state index contributed by atoms with van der Waals surface area (Å²) in [4.78, 5) is 11.7. The third-order valence-electron chi connectivity index (χ3n) is 2.35. The summed E-state index contributed by atoms with van der Waals surface area (Å²) in [6.45, 7) is 1.59. The fourth-order valence-corrected chi connectivity index (χ4v) is 2.81. The molecule has 2 N–H and O–H groups in total. The number of hydrogen-bond acceptors (Lipinski definition) is 5. The first kappa shape index (κ1) is 15.8. The molecule has 106 valence electrons. The zero-order valence-corrected chi connectivity index (χ0v) is 12.1. The van der Waals surface area contributed by atoms with Gasteiger partial charge in [-0.15, -0.1) is 0 Å². The highest BCUT2D eigenvalue weighted by Gasteiger charge is 2.15. The van der Waals surface area contributed by atoms with Crippen LogP contribution in [-0.2, 0) is 14.6 Å². The minimum atomic E-state index is -3.16. The van der Waals surface area contributed by atoms with Gasteiger partial charge in [0.2, 0.25) is 0 Å². The van der Waals surface area contributed by atoms with Gasteiger partial charge in [-0.05, 0) is 24.6 Å². The minimum Gasteiger partial charge on any atom is -0.461 e. The van der Waals surface area contributed by atoms with Crippen LogP contribution >= 0.6 is 11.6 Å². The van der Waals surface area contributed by atoms with Crippen molar-refractivity contribution in [2.45, 2.75) is 13.3 Å². The van der Waals surface area contributed by atoms with Gasteiger partial charge in [0.1, 0.15) is 6.61 Å². The van der Waals surface area contributed by atoms with E-state index < -0.39 is 15.8 Å². The molecule has 0 fully saturated rings. The van der Waals surface area contributed by atoms with Crippen molar-refractivity contribution in [2.24, 2.45) is 0 Å². The number of carbonyl (C=O) groups is 1. The predicted molar refractivity (Wildman–Crippen MR) is 75.1 cm³/mol. The van der Waals surface area contributed by atoms with E-state index in [0.29, 0.717) is 12.1 Å². The summed E-state index contributed by atoms with van der Waals surface area (Å²) < 4.78 is 27.8. The minimum absolute atomic E-state index is 0.0869. The van der Waals surface area contributed by atoms with Crippen LogP contribution in [-0.4, -0.2) is 32.5 Å². The molecule has 0 unspecified atom stereocenters. The molecule has 0 saturated carbocycles. The second kappa shape index (κ2) is 6.77. The lowest BCUT2D eigenvalue weighted by Gasteiger charge is -2.07. The Bertz CT molecular complexity index is 557. The van der Waals surface area contributed by atoms with Gasteiger partial charge in [0, 0.05) is 5.69 Å². The van der Waals surface area contributed by atoms with Gasteiger partial charge in [-0.2, -0.15) is 0 Å². The van der Waals surface area contributed by atoms with E-state index in [4.69, 9.17) is 22.1 Å². The first-order chi connectivity index (χ1) is 8.85. The van der Waals surface area contributed by atoms with Crippen molar-refractivity contribution in [2.75, 3.05) is 23.8 Å². The molecule has 7 heteroatoms. The van der Waals surface area contributed by atoms with Crippen LogP contribution in [0.15, 0.2) is 18.2 Å². The molecule has 0 atom stereocenters. The van der Waals surface area contributed by atoms with E-state index in [2.05, 4.69) is 0 Å². The lowest BCUT2D eigenvalue weighted by Crippen LogP contribution is -2.18. The molecule has 0 aliphatic rings. The number of rotatable bonds is 6. The molecule has 0 aliphatic carbocycles. The lowest BCUT2D eigenvalue weighted by atomic mass is 10.2. The van der Waals surface area contributed by atoms with Gasteiger partial charge in [0.25, 0.3) is 0 Å². The second-order valence-electron chi connectivity index (χ2n) is 4.03. The van der Waals surface area contributed by atoms with Crippen LogP contribution in [0.5, 0.6) is 0 Å². The Morgan fingerprint density at radius 3 is 2.68 bits per heavy atom. The number of ether oxygens (including phenoxy) is 1. The summed E-state index contributed by atoms with van der Waals surface area (Å²) in [6.07, 6.45) is 0.539. The molecular weight excluding hydrogens is 290 g/mol. The number of halogens is 1. The molecule has 1 rings (SSSR count). The second-order valence-corrected chi connectivity index (χ2v) is 6.74. The third-order valence-corrected chi connectivity index (χ3v) is 4.50. The number of hydrogen-bond donors (Lipinski definition) is 1. The molecule has 0 aromatic heterocycles. The number of nitrogen functional groups attached to an aromatic ring is 1. The molecule has 19 heavy (non-hydrogen) atoms. The van der Waals surface area contributed by atoms with Gasteiger partial charge < -0.3 is 10.5 Å². The molecule has 0 heterocycles. The van der Waals surface area contributed by atoms with Crippen molar-refractivity contribution in [1.82, 2.24) is 0 Å². The van der Waals surface area contributed by atoms with Crippen LogP contribution in [0.25, 0.3) is 0 Å². The maximum Gasteiger partial charge on any atom is 0.339 e. The van der Waals surface area contributed by atoms with Crippen molar-refractivity contribution >= 4 is 33.1 Å². The topological polar surface area (TPSA) is 86.5 Å². The van der Waals surface area contributed by atoms with Gasteiger partial charge in [-0.25, -0.2) is 13.2 Å². The zero-order chi connectivity index (χ0) is 14.5. The monoisotopic (exact) mass is 305 g/mol. The highest BCUT2D eigenvalue weighted by atomic mass is 35.5. The number of esters is 1. The quantitative estimate of drug-likeness (QED) is 0.641. The van der Waals surface area contributed by atoms with Gasteiger partial charge in [-0.3, -0.25) is 0 Å². The smallest absolute Gasteiger partial charge is 0.339 e. The highest BCUT2D eigenvalue weighted by molar-refractivity contribution is 7.91. The summed E-state index contributed by atoms with van der Waals surface area (Å²) in [7, 11) is -3.16. The Labute approximate surface area is 117 Å². The van der Waals surface area contributed by atoms with Crippen molar-refractivity contribution in [3.05, 3.63) is 28.8 Å². The molecule has 0 radical (unpaired) electrons. The van der Waals surface area contributed by atoms with Gasteiger partial charge >= 0.3 is 5.97 Å². The number of nitrogens with two attached hydrogens (primary N) is 1. The molecule has 1 aromatic rings. The maximum absolute atomic E-state index is 11.7. The SMILES string of the molecule is CCCS(=O)(=O)CCOC(=O)c1cc(N)ccc1Cl. The van der Waals surface area contributed by atoms with Gasteiger partial charge in [-0.1, -0.05) is 18.5 Å². The van der Waals surface area contributed by atoms with E-state index in [0.717, 1.165) is 0 Å². The first-order valence-electron chi connectivity index (χ1n) is 5.78. The number of anilines is 1. The zero-order valence-electron chi connectivity index (χ0n) is 10.6. The number of sulfone groups is 1. The van der Waals surface area contributed by atoms with Crippen LogP contribution in [0.4, 0.5) is 5.69 Å². The van der Waals surface area contributed by atoms with E-state index >= 15 is 0 Å². The van der Waals surface area contributed by atoms with Crippen LogP contribution in [0.1, 0.15) is 23.7 Å². The van der Waals surface area contributed by atoms with Crippen LogP contribution in [0.3, 0.4) is 0 Å². The van der Waals surface area contributed by atoms with Gasteiger partial charge in [0.05, 0.1) is 22.1 Å². The summed E-state index contributed by atoms with van der Waals surface area (Å²) >= 11 is 5.84. The summed E-state index contributed by atoms with van der Waals surface area (Å²) in [5.74, 6) is -0.778. The van der Waals surface area contributed by atoms with Crippen molar-refractivity contribution in [3.63, 3.8) is 0 Å². The molecule has 0 bridgehead atoms. The molecular formula is C12H16ClNO4S. The maximum atomic E-state index is 11.7. The third kappa shape index (κ3) is 5.08. The Morgan fingerprint density at radius 1 is 1.37 bits per heavy atom. The Balaban J connectivity index is 2.59. The first-order valence-corrected chi connectivity index (χ1v) is 7.98. The van der Waals surface area contributed by atoms with Crippen LogP contribution in [0.2, 0.25) is 5.02 Å². The fourth-order valence-electron chi connectivity index (χ4n) is 1.45. The van der Waals surface area contributed by atoms with E-state index in [1.165, 1.54) is 12.1 Å². The molecule has 0 spiro atoms. The number of carbonyl (C=O) groups excluding carboxylic acids is 1. The Kier molecular flexibility index (Phi) is 5.62. The van der Waals surface area contributed by atoms with Gasteiger partial charge in [0.15, 0.2) is 9.84 Å². The molecule has 0 saturated heterocycles. The van der Waals surface area contributed by atoms with E-state index in [1.54, 1.807) is 13.0 Å². The van der Waals surface area contributed by atoms with E-state index in [9.17, 15) is 13.2 Å². The fraction of sp³-hybridized carbons (Fsp3) is 0.417. The normalized spacial score (nSPS) is 11.3. The molecule has 0 amide bonds. The summed E-state index contributed by atoms with van der Waals surface area (Å²) in [5, 5.41) is 0.218. The van der Waals surface area contributed by atoms with E-state index in [-0.39, 0.29) is 28.7 Å². The van der Waals surface area contributed by atoms with Crippen LogP contribution < -0.4 is 5.73 Å². The lowest BCUT2D eigenvalue weighted by molar-refractivity contribution is 0.0529. The van der Waals surface area contributed by atoms with E-state index in [1.807, 2.05) is 0 Å². The predicted octanol–water partition coefficient (Wildman–Crippen LogP) is 1.90. The van der Waals surface area contributed by atoms with Crippen molar-refractivity contribution < 1.29 is 17.9 Å². The average Bonchev–Trinajstić information content (AvgIpc) is 2.31. The summed E-state index contributed by atoms with van der Waals surface area (Å²) in [5.41, 5.74) is 6.06. The van der Waals surface area contributed by atoms with Crippen molar-refractivity contribution in [1.29, 1.82) is 0 Å². The largest absolute Gasteiger partial charge is 0.461 e. The summed E-state index contributed by atoms with van der Waals surface area (Å²) in [6, 6.07) is 4.44. The molecule has 0 aliphatic heterocycles. The Hall–Kier alpha value is -1.27. The average molecular weight is 306 g/mol. The highest BCUT2D eigenvalue weighted by Crippen LogP contribution is 2.19. The number of benzene rings is 1. The Morgan fingerprint density at radius 2 is 2.05 bits per heavy atom. The molecule has 1 aromatic carbocycles. The van der Waals surface area contributed by atoms with Crippen molar-refractivity contribution in [3.8, 4) is 0 Å². The standard InChI is InChI=1S/C12H16ClNO4S/c1-2-6-19(16,17)7-5-18-12(15)10-8-9(14)3-4-11(10)13/h3-4,8H,2,5-7,14H2,1H3.